The van der Waals surface area contributed by atoms with Crippen LogP contribution in [0.2, 0.25) is 0 Å². The van der Waals surface area contributed by atoms with Gasteiger partial charge in [0.05, 0.1) is 0 Å². The van der Waals surface area contributed by atoms with Crippen LogP contribution in [0.4, 0.5) is 0 Å². The molecule has 4 atom stereocenters. The number of allylic oxidation sites excluding steroid dienone is 1. The first kappa shape index (κ1) is 11.0. The Kier molecular flexibility index (Phi) is 2.79. The highest BCUT2D eigenvalue weighted by Gasteiger charge is 2.43. The summed E-state index contributed by atoms with van der Waals surface area (Å²) in [6, 6.07) is 0.928. The molecule has 0 saturated carbocycles. The summed E-state index contributed by atoms with van der Waals surface area (Å²) in [5.41, 5.74) is 0. The molecule has 17 heavy (non-hydrogen) atoms. The Morgan fingerprint density at radius 1 is 1.59 bits per heavy atom. The van der Waals surface area contributed by atoms with Gasteiger partial charge in [-0.1, -0.05) is 6.08 Å². The molecule has 0 aromatic carbocycles. The molecule has 3 rings (SSSR count). The smallest absolute Gasteiger partial charge is 0.159 e. The third-order valence-corrected chi connectivity index (χ3v) is 4.46. The van der Waals surface area contributed by atoms with Crippen molar-refractivity contribution in [2.75, 3.05) is 13.1 Å². The van der Waals surface area contributed by atoms with E-state index < -0.39 is 0 Å². The summed E-state index contributed by atoms with van der Waals surface area (Å²) in [6.45, 7) is 6.07. The van der Waals surface area contributed by atoms with E-state index >= 15 is 0 Å². The second kappa shape index (κ2) is 4.30. The molecule has 3 heteroatoms. The minimum atomic E-state index is 0.285. The van der Waals surface area contributed by atoms with E-state index in [4.69, 9.17) is 0 Å². The molecule has 1 N–H and O–H groups in total. The van der Waals surface area contributed by atoms with E-state index in [-0.39, 0.29) is 5.78 Å². The average Bonchev–Trinajstić information content (AvgIpc) is 2.34. The summed E-state index contributed by atoms with van der Waals surface area (Å²) in [7, 11) is 0. The van der Waals surface area contributed by atoms with Crippen LogP contribution >= 0.6 is 0 Å². The van der Waals surface area contributed by atoms with Gasteiger partial charge in [-0.3, -0.25) is 4.79 Å². The van der Waals surface area contributed by atoms with Gasteiger partial charge in [-0.15, -0.1) is 6.58 Å². The van der Waals surface area contributed by atoms with Gasteiger partial charge in [0, 0.05) is 31.2 Å². The molecule has 0 radical (unpaired) electrons. The maximum Gasteiger partial charge on any atom is 0.159 e. The first-order chi connectivity index (χ1) is 8.28. The van der Waals surface area contributed by atoms with E-state index in [1.54, 1.807) is 6.08 Å². The highest BCUT2D eigenvalue weighted by molar-refractivity contribution is 5.90. The van der Waals surface area contributed by atoms with Crippen LogP contribution in [-0.2, 0) is 4.79 Å². The molecule has 3 aliphatic heterocycles. The molecule has 3 aliphatic rings. The van der Waals surface area contributed by atoms with Crippen molar-refractivity contribution in [3.05, 3.63) is 24.9 Å². The zero-order chi connectivity index (χ0) is 11.8. The number of carbonyl (C=O) groups excluding carboxylic acids is 1. The van der Waals surface area contributed by atoms with Gasteiger partial charge >= 0.3 is 0 Å². The average molecular weight is 232 g/mol. The van der Waals surface area contributed by atoms with Crippen molar-refractivity contribution >= 4 is 5.78 Å². The topological polar surface area (TPSA) is 32.3 Å². The number of hydrogen-bond donors (Lipinski definition) is 1. The van der Waals surface area contributed by atoms with Gasteiger partial charge in [-0.05, 0) is 37.3 Å². The maximum absolute atomic E-state index is 11.6. The molecule has 2 saturated heterocycles. The Labute approximate surface area is 103 Å². The summed E-state index contributed by atoms with van der Waals surface area (Å²) in [4.78, 5) is 14.0. The third-order valence-electron chi connectivity index (χ3n) is 4.46. The van der Waals surface area contributed by atoms with Gasteiger partial charge in [0.25, 0.3) is 0 Å². The Morgan fingerprint density at radius 3 is 3.29 bits per heavy atom. The van der Waals surface area contributed by atoms with Crippen LogP contribution in [0, 0.1) is 11.8 Å². The van der Waals surface area contributed by atoms with Gasteiger partial charge in [-0.2, -0.15) is 0 Å². The highest BCUT2D eigenvalue weighted by Crippen LogP contribution is 2.37. The van der Waals surface area contributed by atoms with Crippen molar-refractivity contribution in [2.45, 2.75) is 31.3 Å². The molecule has 0 aromatic rings. The van der Waals surface area contributed by atoms with E-state index in [2.05, 4.69) is 16.8 Å². The molecule has 92 valence electrons. The molecule has 0 aliphatic carbocycles. The Balaban J connectivity index is 1.83. The first-order valence-electron chi connectivity index (χ1n) is 6.59. The van der Waals surface area contributed by atoms with Gasteiger partial charge in [0.2, 0.25) is 0 Å². The lowest BCUT2D eigenvalue weighted by molar-refractivity contribution is -0.118. The number of carbonyl (C=O) groups is 1. The predicted molar refractivity (Wildman–Crippen MR) is 67.5 cm³/mol. The quantitative estimate of drug-likeness (QED) is 0.729. The molecule has 2 fully saturated rings. The Morgan fingerprint density at radius 2 is 2.47 bits per heavy atom. The lowest BCUT2D eigenvalue weighted by Crippen LogP contribution is -2.60. The molecule has 0 aromatic heterocycles. The summed E-state index contributed by atoms with van der Waals surface area (Å²) >= 11 is 0. The standard InChI is InChI=1S/C14H20N2O/c1-2-3-13-12-6-10(8-15-13)9-16-5-4-11(17)7-14(12)16/h2,4-5,10,12-15H,1,3,6-9H2/t10?,12?,13-,14-/m1/s1. The van der Waals surface area contributed by atoms with Gasteiger partial charge in [0.1, 0.15) is 0 Å². The second-order valence-corrected chi connectivity index (χ2v) is 5.56. The number of hydrogen-bond acceptors (Lipinski definition) is 3. The SMILES string of the molecule is C=CC[C@H]1NCC2CC1[C@H]1CC(=O)C=CN1C2. The number of nitrogens with one attached hydrogen (secondary N) is 1. The number of ketones is 1. The van der Waals surface area contributed by atoms with Crippen molar-refractivity contribution in [1.29, 1.82) is 0 Å². The first-order valence-corrected chi connectivity index (χ1v) is 6.59. The van der Waals surface area contributed by atoms with E-state index in [1.165, 1.54) is 6.42 Å². The summed E-state index contributed by atoms with van der Waals surface area (Å²) < 4.78 is 0. The fraction of sp³-hybridized carbons (Fsp3) is 0.643. The third kappa shape index (κ3) is 1.93. The van der Waals surface area contributed by atoms with Crippen molar-refractivity contribution in [3.63, 3.8) is 0 Å². The van der Waals surface area contributed by atoms with Crippen molar-refractivity contribution in [1.82, 2.24) is 10.2 Å². The van der Waals surface area contributed by atoms with Crippen molar-refractivity contribution in [2.24, 2.45) is 11.8 Å². The zero-order valence-electron chi connectivity index (χ0n) is 10.1. The number of piperidine rings is 2. The lowest BCUT2D eigenvalue weighted by Gasteiger charge is -2.51. The van der Waals surface area contributed by atoms with E-state index in [9.17, 15) is 4.79 Å². The number of fused-ring (bicyclic) bond motifs is 4. The summed E-state index contributed by atoms with van der Waals surface area (Å²) in [5, 5.41) is 3.64. The molecular formula is C14H20N2O. The van der Waals surface area contributed by atoms with Crippen LogP contribution in [-0.4, -0.2) is 35.9 Å². The summed E-state index contributed by atoms with van der Waals surface area (Å²) in [6.07, 6.45) is 8.74. The normalized spacial score (nSPS) is 40.0. The van der Waals surface area contributed by atoms with Crippen LogP contribution in [0.1, 0.15) is 19.3 Å². The highest BCUT2D eigenvalue weighted by atomic mass is 16.1. The fourth-order valence-corrected chi connectivity index (χ4v) is 3.68. The van der Waals surface area contributed by atoms with E-state index in [0.717, 1.165) is 25.4 Å². The van der Waals surface area contributed by atoms with Crippen molar-refractivity contribution in [3.8, 4) is 0 Å². The Hall–Kier alpha value is -1.09. The maximum atomic E-state index is 11.6. The minimum Gasteiger partial charge on any atom is -0.373 e. The zero-order valence-corrected chi connectivity index (χ0v) is 10.1. The molecule has 3 heterocycles. The lowest BCUT2D eigenvalue weighted by atomic mass is 9.72. The van der Waals surface area contributed by atoms with Gasteiger partial charge in [-0.25, -0.2) is 0 Å². The Bertz CT molecular complexity index is 363. The van der Waals surface area contributed by atoms with Crippen LogP contribution in [0.5, 0.6) is 0 Å². The molecule has 0 amide bonds. The van der Waals surface area contributed by atoms with Crippen molar-refractivity contribution < 1.29 is 4.79 Å². The molecule has 2 bridgehead atoms. The van der Waals surface area contributed by atoms with Gasteiger partial charge in [0.15, 0.2) is 5.78 Å². The second-order valence-electron chi connectivity index (χ2n) is 5.56. The largest absolute Gasteiger partial charge is 0.373 e. The molecule has 3 nitrogen and oxygen atoms in total. The molecular weight excluding hydrogens is 212 g/mol. The number of rotatable bonds is 2. The fourth-order valence-electron chi connectivity index (χ4n) is 3.68. The van der Waals surface area contributed by atoms with Gasteiger partial charge < -0.3 is 10.2 Å². The van der Waals surface area contributed by atoms with Crippen LogP contribution in [0.25, 0.3) is 0 Å². The van der Waals surface area contributed by atoms with Crippen LogP contribution < -0.4 is 5.32 Å². The van der Waals surface area contributed by atoms with E-state index in [1.807, 2.05) is 12.3 Å². The predicted octanol–water partition coefficient (Wildman–Crippen LogP) is 1.33. The van der Waals surface area contributed by atoms with E-state index in [0.29, 0.717) is 24.4 Å². The van der Waals surface area contributed by atoms with Crippen LogP contribution in [0.15, 0.2) is 24.9 Å². The molecule has 0 spiro atoms. The number of nitrogens with zero attached hydrogens (tertiary/aromatic N) is 1. The monoisotopic (exact) mass is 232 g/mol. The molecule has 2 unspecified atom stereocenters. The summed E-state index contributed by atoms with van der Waals surface area (Å²) in [5.74, 6) is 1.64. The minimum absolute atomic E-state index is 0.285. The van der Waals surface area contributed by atoms with Crippen LogP contribution in [0.3, 0.4) is 0 Å².